The number of amides is 1. The molecule has 0 saturated carbocycles. The predicted octanol–water partition coefficient (Wildman–Crippen LogP) is 3.82. The van der Waals surface area contributed by atoms with E-state index in [0.29, 0.717) is 18.3 Å². The van der Waals surface area contributed by atoms with Crippen LogP contribution in [0, 0.1) is 13.8 Å². The lowest BCUT2D eigenvalue weighted by atomic mass is 10.1. The molecule has 4 heteroatoms. The van der Waals surface area contributed by atoms with Crippen LogP contribution in [0.15, 0.2) is 18.2 Å². The third kappa shape index (κ3) is 5.56. The topological polar surface area (TPSA) is 29.5 Å². The van der Waals surface area contributed by atoms with E-state index in [1.807, 2.05) is 11.0 Å². The summed E-state index contributed by atoms with van der Waals surface area (Å²) in [6, 6.07) is 6.20. The van der Waals surface area contributed by atoms with Gasteiger partial charge in [-0.25, -0.2) is 0 Å². The standard InChI is InChI=1S/C18H27NO2S/c1-15-7-8-17(13-16(15)2)21-11-6-12-22-14-18(20)19-9-4-3-5-10-19/h7-8,13H,3-6,9-12,14H2,1-2H3. The van der Waals surface area contributed by atoms with Crippen molar-refractivity contribution in [1.29, 1.82) is 0 Å². The summed E-state index contributed by atoms with van der Waals surface area (Å²) in [5.74, 6) is 2.84. The zero-order valence-electron chi connectivity index (χ0n) is 13.8. The number of aryl methyl sites for hydroxylation is 2. The summed E-state index contributed by atoms with van der Waals surface area (Å²) in [5.41, 5.74) is 2.55. The molecule has 0 aliphatic carbocycles. The molecule has 0 atom stereocenters. The Morgan fingerprint density at radius 2 is 1.95 bits per heavy atom. The molecular formula is C18H27NO2S. The van der Waals surface area contributed by atoms with Gasteiger partial charge in [-0.3, -0.25) is 4.79 Å². The minimum Gasteiger partial charge on any atom is -0.494 e. The van der Waals surface area contributed by atoms with Gasteiger partial charge in [0.1, 0.15) is 5.75 Å². The highest BCUT2D eigenvalue weighted by Crippen LogP contribution is 2.17. The summed E-state index contributed by atoms with van der Waals surface area (Å²) in [5, 5.41) is 0. The van der Waals surface area contributed by atoms with Crippen LogP contribution < -0.4 is 4.74 Å². The smallest absolute Gasteiger partial charge is 0.232 e. The lowest BCUT2D eigenvalue weighted by Crippen LogP contribution is -2.36. The van der Waals surface area contributed by atoms with Crippen molar-refractivity contribution >= 4 is 17.7 Å². The van der Waals surface area contributed by atoms with Crippen LogP contribution in [0.25, 0.3) is 0 Å². The molecule has 122 valence electrons. The number of hydrogen-bond donors (Lipinski definition) is 0. The monoisotopic (exact) mass is 321 g/mol. The maximum absolute atomic E-state index is 12.0. The summed E-state index contributed by atoms with van der Waals surface area (Å²) < 4.78 is 5.76. The quantitative estimate of drug-likeness (QED) is 0.715. The van der Waals surface area contributed by atoms with Crippen molar-refractivity contribution in [3.05, 3.63) is 29.3 Å². The molecule has 0 N–H and O–H groups in total. The number of rotatable bonds is 7. The average Bonchev–Trinajstić information content (AvgIpc) is 2.54. The van der Waals surface area contributed by atoms with Crippen LogP contribution in [0.3, 0.4) is 0 Å². The van der Waals surface area contributed by atoms with E-state index in [1.165, 1.54) is 30.4 Å². The Bertz CT molecular complexity index is 484. The number of thioether (sulfide) groups is 1. The Kier molecular flexibility index (Phi) is 7.10. The predicted molar refractivity (Wildman–Crippen MR) is 93.8 cm³/mol. The minimum absolute atomic E-state index is 0.305. The van der Waals surface area contributed by atoms with Crippen LogP contribution in [0.5, 0.6) is 5.75 Å². The van der Waals surface area contributed by atoms with E-state index in [4.69, 9.17) is 4.74 Å². The highest BCUT2D eigenvalue weighted by atomic mass is 32.2. The van der Waals surface area contributed by atoms with Crippen LogP contribution in [-0.4, -0.2) is 42.0 Å². The van der Waals surface area contributed by atoms with Crippen LogP contribution >= 0.6 is 11.8 Å². The maximum Gasteiger partial charge on any atom is 0.232 e. The Hall–Kier alpha value is -1.16. The van der Waals surface area contributed by atoms with E-state index in [9.17, 15) is 4.79 Å². The van der Waals surface area contributed by atoms with Crippen LogP contribution in [0.4, 0.5) is 0 Å². The molecule has 1 heterocycles. The van der Waals surface area contributed by atoms with Gasteiger partial charge in [0.15, 0.2) is 0 Å². The summed E-state index contributed by atoms with van der Waals surface area (Å²) in [4.78, 5) is 14.0. The molecule has 0 aromatic heterocycles. The molecule has 1 amide bonds. The largest absolute Gasteiger partial charge is 0.494 e. The van der Waals surface area contributed by atoms with E-state index >= 15 is 0 Å². The van der Waals surface area contributed by atoms with Crippen molar-refractivity contribution in [3.8, 4) is 5.75 Å². The SMILES string of the molecule is Cc1ccc(OCCCSCC(=O)N2CCCCC2)cc1C. The molecule has 0 unspecified atom stereocenters. The number of nitrogens with zero attached hydrogens (tertiary/aromatic N) is 1. The molecule has 3 nitrogen and oxygen atoms in total. The minimum atomic E-state index is 0.305. The van der Waals surface area contributed by atoms with Crippen LogP contribution in [0.1, 0.15) is 36.8 Å². The first-order valence-corrected chi connectivity index (χ1v) is 9.38. The van der Waals surface area contributed by atoms with Gasteiger partial charge >= 0.3 is 0 Å². The molecular weight excluding hydrogens is 294 g/mol. The summed E-state index contributed by atoms with van der Waals surface area (Å²) in [6.07, 6.45) is 4.58. The van der Waals surface area contributed by atoms with Crippen LogP contribution in [-0.2, 0) is 4.79 Å². The number of ether oxygens (including phenoxy) is 1. The number of carbonyl (C=O) groups excluding carboxylic acids is 1. The summed E-state index contributed by atoms with van der Waals surface area (Å²) in [7, 11) is 0. The second-order valence-corrected chi connectivity index (χ2v) is 7.05. The second-order valence-electron chi connectivity index (χ2n) is 5.94. The van der Waals surface area contributed by atoms with E-state index < -0.39 is 0 Å². The maximum atomic E-state index is 12.0. The van der Waals surface area contributed by atoms with E-state index in [1.54, 1.807) is 11.8 Å². The lowest BCUT2D eigenvalue weighted by Gasteiger charge is -2.26. The summed E-state index contributed by atoms with van der Waals surface area (Å²) >= 11 is 1.72. The van der Waals surface area contributed by atoms with Crippen LogP contribution in [0.2, 0.25) is 0 Å². The Labute approximate surface area is 138 Å². The van der Waals surface area contributed by atoms with Gasteiger partial charge in [0, 0.05) is 13.1 Å². The van der Waals surface area contributed by atoms with Gasteiger partial charge in [-0.15, -0.1) is 0 Å². The zero-order valence-corrected chi connectivity index (χ0v) is 14.6. The second kappa shape index (κ2) is 9.09. The van der Waals surface area contributed by atoms with Gasteiger partial charge in [0.05, 0.1) is 12.4 Å². The summed E-state index contributed by atoms with van der Waals surface area (Å²) in [6.45, 7) is 6.83. The molecule has 0 bridgehead atoms. The molecule has 1 aliphatic rings. The van der Waals surface area contributed by atoms with E-state index in [-0.39, 0.29) is 0 Å². The third-order valence-electron chi connectivity index (χ3n) is 4.11. The average molecular weight is 321 g/mol. The van der Waals surface area contributed by atoms with Crippen molar-refractivity contribution in [1.82, 2.24) is 4.90 Å². The van der Waals surface area contributed by atoms with Gasteiger partial charge in [0.2, 0.25) is 5.91 Å². The number of carbonyl (C=O) groups is 1. The first kappa shape index (κ1) is 17.2. The molecule has 0 radical (unpaired) electrons. The number of likely N-dealkylation sites (tertiary alicyclic amines) is 1. The van der Waals surface area contributed by atoms with Crippen molar-refractivity contribution in [2.75, 3.05) is 31.2 Å². The molecule has 1 aliphatic heterocycles. The normalized spacial score (nSPS) is 14.9. The first-order valence-electron chi connectivity index (χ1n) is 8.22. The van der Waals surface area contributed by atoms with E-state index in [0.717, 1.165) is 31.0 Å². The fourth-order valence-electron chi connectivity index (χ4n) is 2.55. The Balaban J connectivity index is 1.55. The zero-order chi connectivity index (χ0) is 15.8. The molecule has 2 rings (SSSR count). The Morgan fingerprint density at radius 3 is 2.68 bits per heavy atom. The van der Waals surface area contributed by atoms with Crippen molar-refractivity contribution in [2.24, 2.45) is 0 Å². The lowest BCUT2D eigenvalue weighted by molar-refractivity contribution is -0.129. The highest BCUT2D eigenvalue weighted by molar-refractivity contribution is 7.99. The number of hydrogen-bond acceptors (Lipinski definition) is 3. The molecule has 1 saturated heterocycles. The fraction of sp³-hybridized carbons (Fsp3) is 0.611. The Morgan fingerprint density at radius 1 is 1.18 bits per heavy atom. The van der Waals surface area contributed by atoms with Crippen molar-refractivity contribution in [2.45, 2.75) is 39.5 Å². The van der Waals surface area contributed by atoms with Gasteiger partial charge in [-0.1, -0.05) is 6.07 Å². The van der Waals surface area contributed by atoms with Crippen molar-refractivity contribution in [3.63, 3.8) is 0 Å². The molecule has 22 heavy (non-hydrogen) atoms. The van der Waals surface area contributed by atoms with Crippen molar-refractivity contribution < 1.29 is 9.53 Å². The number of piperidine rings is 1. The highest BCUT2D eigenvalue weighted by Gasteiger charge is 2.15. The fourth-order valence-corrected chi connectivity index (χ4v) is 3.37. The van der Waals surface area contributed by atoms with Gasteiger partial charge < -0.3 is 9.64 Å². The third-order valence-corrected chi connectivity index (χ3v) is 5.14. The van der Waals surface area contributed by atoms with Gasteiger partial charge in [0.25, 0.3) is 0 Å². The molecule has 0 spiro atoms. The molecule has 1 aromatic rings. The van der Waals surface area contributed by atoms with Gasteiger partial charge in [-0.2, -0.15) is 11.8 Å². The van der Waals surface area contributed by atoms with E-state index in [2.05, 4.69) is 26.0 Å². The first-order chi connectivity index (χ1) is 10.7. The molecule has 1 aromatic carbocycles. The molecule has 1 fully saturated rings. The number of benzene rings is 1. The van der Waals surface area contributed by atoms with Gasteiger partial charge in [-0.05, 0) is 68.5 Å².